The summed E-state index contributed by atoms with van der Waals surface area (Å²) in [5.74, 6) is -71.4. The molecule has 332 valence electrons. The van der Waals surface area contributed by atoms with Gasteiger partial charge in [0, 0.05) is 29.2 Å². The average molecular weight is 925 g/mol. The van der Waals surface area contributed by atoms with Crippen LogP contribution in [-0.2, 0) is 6.54 Å². The fraction of sp³-hybridized carbons (Fsp3) is 0.0238. The van der Waals surface area contributed by atoms with Crippen molar-refractivity contribution in [2.45, 2.75) is 6.54 Å². The van der Waals surface area contributed by atoms with Crippen molar-refractivity contribution in [2.24, 2.45) is 0 Å². The number of halogens is 20. The van der Waals surface area contributed by atoms with E-state index in [-0.39, 0.29) is 0 Å². The van der Waals surface area contributed by atoms with Gasteiger partial charge < -0.3 is 0 Å². The molecule has 7 aromatic rings. The van der Waals surface area contributed by atoms with Gasteiger partial charge in [-0.25, -0.2) is 87.8 Å². The van der Waals surface area contributed by atoms with Crippen LogP contribution < -0.4 is 26.4 Å². The molecule has 0 saturated heterocycles. The summed E-state index contributed by atoms with van der Waals surface area (Å²) >= 11 is 0. The molecule has 0 radical (unpaired) electrons. The second kappa shape index (κ2) is 17.4. The highest BCUT2D eigenvalue weighted by molar-refractivity contribution is 7.20. The van der Waals surface area contributed by atoms with Gasteiger partial charge in [0.15, 0.2) is 76.4 Å². The summed E-state index contributed by atoms with van der Waals surface area (Å²) < 4.78 is 296. The quantitative estimate of drug-likeness (QED) is 0.0494. The number of para-hydroxylation sites is 1. The molecule has 7 rings (SSSR count). The average Bonchev–Trinajstić information content (AvgIpc) is 3.29. The van der Waals surface area contributed by atoms with E-state index in [1.165, 1.54) is 16.5 Å². The number of aromatic nitrogens is 1. The molecule has 0 fully saturated rings. The molecule has 6 aromatic carbocycles. The number of fused-ring (bicyclic) bond motifs is 1. The first-order valence-corrected chi connectivity index (χ1v) is 17.4. The van der Waals surface area contributed by atoms with Gasteiger partial charge in [-0.3, -0.25) is 0 Å². The van der Waals surface area contributed by atoms with E-state index >= 15 is 35.1 Å². The monoisotopic (exact) mass is 925 g/mol. The highest BCUT2D eigenvalue weighted by atomic mass is 19.2. The zero-order chi connectivity index (χ0) is 47.4. The summed E-state index contributed by atoms with van der Waals surface area (Å²) in [6.45, 7) is 4.78. The van der Waals surface area contributed by atoms with E-state index in [4.69, 9.17) is 0 Å². The smallest absolute Gasteiger partial charge is 0.207 e. The Kier molecular flexibility index (Phi) is 12.7. The minimum Gasteiger partial charge on any atom is -0.207 e. The Hall–Kier alpha value is -6.87. The molecule has 0 aliphatic carbocycles. The van der Waals surface area contributed by atoms with E-state index in [1.54, 1.807) is 0 Å². The molecule has 0 aliphatic heterocycles. The van der Waals surface area contributed by atoms with E-state index in [1.807, 2.05) is 12.1 Å². The summed E-state index contributed by atoms with van der Waals surface area (Å²) in [6.07, 6.45) is -5.30. The molecule has 0 amide bonds. The van der Waals surface area contributed by atoms with E-state index in [2.05, 4.69) is 71.8 Å². The molecule has 0 atom stereocenters. The fourth-order valence-electron chi connectivity index (χ4n) is 7.27. The first-order valence-electron chi connectivity index (χ1n) is 17.4. The van der Waals surface area contributed by atoms with Crippen molar-refractivity contribution >= 4 is 45.0 Å². The van der Waals surface area contributed by atoms with Crippen LogP contribution in [-0.4, -0.2) is 6.15 Å². The van der Waals surface area contributed by atoms with Crippen molar-refractivity contribution in [1.82, 2.24) is 0 Å². The number of rotatable bonds is 7. The van der Waals surface area contributed by atoms with Gasteiger partial charge in [-0.05, 0) is 12.1 Å². The zero-order valence-corrected chi connectivity index (χ0v) is 30.9. The summed E-state index contributed by atoms with van der Waals surface area (Å²) in [5.41, 5.74) is -10.7. The minimum atomic E-state index is -7.22. The molecule has 0 N–H and O–H groups in total. The van der Waals surface area contributed by atoms with Crippen molar-refractivity contribution in [3.05, 3.63) is 201 Å². The Labute approximate surface area is 344 Å². The molecule has 1 aromatic heterocycles. The molecule has 0 bridgehead atoms. The molecule has 0 unspecified atom stereocenters. The maximum atomic E-state index is 15.4. The van der Waals surface area contributed by atoms with E-state index in [0.29, 0.717) is 0 Å². The van der Waals surface area contributed by atoms with Gasteiger partial charge in [-0.1, -0.05) is 49.0 Å². The largest absolute Gasteiger partial charge is 0.213 e. The Morgan fingerprint density at radius 3 is 0.938 bits per heavy atom. The molecule has 0 saturated carbocycles. The van der Waals surface area contributed by atoms with Crippen LogP contribution in [0.25, 0.3) is 17.0 Å². The van der Waals surface area contributed by atoms with Crippen LogP contribution in [0.3, 0.4) is 0 Å². The molecule has 64 heavy (non-hydrogen) atoms. The Balaban J connectivity index is 0.000000295. The zero-order valence-electron chi connectivity index (χ0n) is 30.9. The van der Waals surface area contributed by atoms with Crippen LogP contribution >= 0.6 is 0 Å². The highest BCUT2D eigenvalue weighted by Gasteiger charge is 2.52. The number of benzene rings is 6. The molecular formula is C42H16BF20N. The third kappa shape index (κ3) is 7.07. The second-order valence-corrected chi connectivity index (χ2v) is 13.4. The summed E-state index contributed by atoms with van der Waals surface area (Å²) in [4.78, 5) is 0. The van der Waals surface area contributed by atoms with Gasteiger partial charge in [0.05, 0.1) is 0 Å². The first kappa shape index (κ1) is 46.6. The number of hydrogen-bond donors (Lipinski definition) is 0. The lowest BCUT2D eigenvalue weighted by molar-refractivity contribution is -0.664. The Morgan fingerprint density at radius 1 is 0.344 bits per heavy atom. The van der Waals surface area contributed by atoms with Gasteiger partial charge in [0.25, 0.3) is 0 Å². The third-order valence-corrected chi connectivity index (χ3v) is 10.1. The summed E-state index contributed by atoms with van der Waals surface area (Å²) in [6, 6.07) is 23.2. The Bertz CT molecular complexity index is 2670. The number of nitrogens with zero attached hydrogens (tertiary/aromatic N) is 1. The predicted octanol–water partition coefficient (Wildman–Crippen LogP) is 9.66. The van der Waals surface area contributed by atoms with Crippen molar-refractivity contribution < 1.29 is 92.4 Å². The van der Waals surface area contributed by atoms with Crippen molar-refractivity contribution in [2.75, 3.05) is 0 Å². The van der Waals surface area contributed by atoms with Gasteiger partial charge >= 0.3 is 0 Å². The van der Waals surface area contributed by atoms with Crippen LogP contribution in [0.1, 0.15) is 11.3 Å². The van der Waals surface area contributed by atoms with E-state index in [0.717, 1.165) is 12.2 Å². The highest BCUT2D eigenvalue weighted by Crippen LogP contribution is 2.31. The topological polar surface area (TPSA) is 3.88 Å². The van der Waals surface area contributed by atoms with E-state index < -0.39 is 144 Å². The first-order chi connectivity index (χ1) is 30.1. The SMILES string of the molecule is C=Cc1ccc2ccccc2[n+]1Cc1ccccc1.Fc1c(F)c(F)c([B-](c2c(F)c(F)c(F)c(F)c2F)(c2c(F)c(F)c(F)c(F)c2F)c2c(F)c(F)c(F)c(F)c2F)c(F)c1F. The third-order valence-electron chi connectivity index (χ3n) is 10.1. The fourth-order valence-corrected chi connectivity index (χ4v) is 7.27. The Morgan fingerprint density at radius 2 is 0.625 bits per heavy atom. The number of pyridine rings is 1. The van der Waals surface area contributed by atoms with Crippen LogP contribution in [0.4, 0.5) is 87.8 Å². The predicted molar refractivity (Wildman–Crippen MR) is 189 cm³/mol. The van der Waals surface area contributed by atoms with Gasteiger partial charge in [0.1, 0.15) is 52.7 Å². The maximum absolute atomic E-state index is 15.4. The second-order valence-electron chi connectivity index (χ2n) is 13.4. The van der Waals surface area contributed by atoms with Gasteiger partial charge in [0.2, 0.25) is 11.2 Å². The molecule has 22 heteroatoms. The summed E-state index contributed by atoms with van der Waals surface area (Å²) in [5, 5.41) is 1.25. The lowest BCUT2D eigenvalue weighted by Gasteiger charge is -2.44. The van der Waals surface area contributed by atoms with Crippen molar-refractivity contribution in [1.29, 1.82) is 0 Å². The van der Waals surface area contributed by atoms with Gasteiger partial charge in [-0.15, -0.1) is 21.9 Å². The van der Waals surface area contributed by atoms with Gasteiger partial charge in [-0.2, -0.15) is 4.57 Å². The lowest BCUT2D eigenvalue weighted by atomic mass is 9.12. The van der Waals surface area contributed by atoms with Crippen molar-refractivity contribution in [3.63, 3.8) is 0 Å². The molecule has 1 nitrogen and oxygen atoms in total. The lowest BCUT2D eigenvalue weighted by Crippen LogP contribution is -2.81. The molecule has 0 spiro atoms. The molecule has 0 aliphatic rings. The van der Waals surface area contributed by atoms with Crippen LogP contribution in [0, 0.1) is 116 Å². The summed E-state index contributed by atoms with van der Waals surface area (Å²) in [7, 11) is 0. The van der Waals surface area contributed by atoms with Crippen molar-refractivity contribution in [3.8, 4) is 0 Å². The van der Waals surface area contributed by atoms with E-state index in [9.17, 15) is 52.7 Å². The molecular weight excluding hydrogens is 909 g/mol. The maximum Gasteiger partial charge on any atom is 0.213 e. The molecule has 1 heterocycles. The normalized spacial score (nSPS) is 11.6. The van der Waals surface area contributed by atoms with Crippen LogP contribution in [0.5, 0.6) is 0 Å². The van der Waals surface area contributed by atoms with Crippen LogP contribution in [0.15, 0.2) is 73.3 Å². The minimum absolute atomic E-state index is 0.865. The number of hydrogen-bond acceptors (Lipinski definition) is 0. The standard InChI is InChI=1S/C24BF20.C18H16N/c26-5-1(6(27)14(35)21(42)13(5)34)25(2-7(28)15(36)22(43)16(37)8(2)29,3-9(30)17(38)23(44)18(39)10(3)31)4-11(32)19(40)24(45)20(41)12(4)33;1-2-17-13-12-16-10-6-7-11-18(16)19(17)14-15-8-4-3-5-9-15/h;2-13H,1,14H2/q-1;+1. The van der Waals surface area contributed by atoms with Crippen LogP contribution in [0.2, 0.25) is 0 Å².